The molecule has 30 heavy (non-hydrogen) atoms. The number of ketones is 1. The number of hydrogen-bond acceptors (Lipinski definition) is 5. The predicted octanol–water partition coefficient (Wildman–Crippen LogP) is 5.47. The molecule has 0 heterocycles. The standard InChI is InChI=1S/C24H19ClO5/c1-28-19-11-12-21(23(15-19)29-2)22(26)13-6-16-4-3-5-20(14-16)30-24(27)17-7-9-18(25)10-8-17/h3-15H,1-2H3. The molecule has 0 radical (unpaired) electrons. The number of benzene rings is 3. The SMILES string of the molecule is COc1ccc(C(=O)C=Cc2cccc(OC(=O)c3ccc(Cl)cc3)c2)c(OC)c1. The molecule has 0 aliphatic heterocycles. The van der Waals surface area contributed by atoms with Gasteiger partial charge in [-0.25, -0.2) is 4.79 Å². The summed E-state index contributed by atoms with van der Waals surface area (Å²) in [7, 11) is 3.04. The summed E-state index contributed by atoms with van der Waals surface area (Å²) >= 11 is 5.83. The summed E-state index contributed by atoms with van der Waals surface area (Å²) in [5.74, 6) is 0.675. The Morgan fingerprint density at radius 3 is 2.33 bits per heavy atom. The Hall–Kier alpha value is -3.57. The Morgan fingerprint density at radius 2 is 1.63 bits per heavy atom. The second kappa shape index (κ2) is 9.76. The minimum atomic E-state index is -0.494. The van der Waals surface area contributed by atoms with E-state index in [1.807, 2.05) is 0 Å². The van der Waals surface area contributed by atoms with Crippen molar-refractivity contribution in [1.82, 2.24) is 0 Å². The fourth-order valence-corrected chi connectivity index (χ4v) is 2.82. The van der Waals surface area contributed by atoms with Crippen molar-refractivity contribution >= 4 is 29.4 Å². The Kier molecular flexibility index (Phi) is 6.88. The average molecular weight is 423 g/mol. The van der Waals surface area contributed by atoms with Crippen LogP contribution in [-0.2, 0) is 0 Å². The van der Waals surface area contributed by atoms with Gasteiger partial charge in [0.25, 0.3) is 0 Å². The lowest BCUT2D eigenvalue weighted by Crippen LogP contribution is -2.08. The van der Waals surface area contributed by atoms with Crippen LogP contribution in [-0.4, -0.2) is 26.0 Å². The molecule has 0 spiro atoms. The average Bonchev–Trinajstić information content (AvgIpc) is 2.77. The van der Waals surface area contributed by atoms with Crippen LogP contribution >= 0.6 is 11.6 Å². The highest BCUT2D eigenvalue weighted by molar-refractivity contribution is 6.30. The Balaban J connectivity index is 1.73. The maximum absolute atomic E-state index is 12.6. The monoisotopic (exact) mass is 422 g/mol. The van der Waals surface area contributed by atoms with Crippen LogP contribution < -0.4 is 14.2 Å². The molecule has 0 unspecified atom stereocenters. The van der Waals surface area contributed by atoms with E-state index >= 15 is 0 Å². The summed E-state index contributed by atoms with van der Waals surface area (Å²) in [5.41, 5.74) is 1.51. The molecule has 0 fully saturated rings. The summed E-state index contributed by atoms with van der Waals surface area (Å²) < 4.78 is 15.8. The quantitative estimate of drug-likeness (QED) is 0.218. The van der Waals surface area contributed by atoms with Gasteiger partial charge >= 0.3 is 5.97 Å². The maximum atomic E-state index is 12.6. The minimum Gasteiger partial charge on any atom is -0.497 e. The number of methoxy groups -OCH3 is 2. The number of carbonyl (C=O) groups is 2. The molecule has 5 nitrogen and oxygen atoms in total. The second-order valence-electron chi connectivity index (χ2n) is 6.23. The van der Waals surface area contributed by atoms with Crippen molar-refractivity contribution in [2.75, 3.05) is 14.2 Å². The number of rotatable bonds is 7. The third kappa shape index (κ3) is 5.27. The van der Waals surface area contributed by atoms with Crippen molar-refractivity contribution in [1.29, 1.82) is 0 Å². The van der Waals surface area contributed by atoms with E-state index in [0.717, 1.165) is 0 Å². The zero-order valence-electron chi connectivity index (χ0n) is 16.4. The molecule has 0 aliphatic carbocycles. The largest absolute Gasteiger partial charge is 0.497 e. The first kappa shape index (κ1) is 21.1. The van der Waals surface area contributed by atoms with Crippen LogP contribution in [0.2, 0.25) is 5.02 Å². The highest BCUT2D eigenvalue weighted by atomic mass is 35.5. The summed E-state index contributed by atoms with van der Waals surface area (Å²) in [6, 6.07) is 18.3. The maximum Gasteiger partial charge on any atom is 0.343 e. The number of allylic oxidation sites excluding steroid dienone is 1. The topological polar surface area (TPSA) is 61.8 Å². The molecule has 0 saturated carbocycles. The van der Waals surface area contributed by atoms with Gasteiger partial charge in [0, 0.05) is 11.1 Å². The van der Waals surface area contributed by atoms with Crippen LogP contribution in [0.25, 0.3) is 6.08 Å². The molecule has 0 aliphatic rings. The number of halogens is 1. The third-order valence-electron chi connectivity index (χ3n) is 4.25. The van der Waals surface area contributed by atoms with E-state index < -0.39 is 5.97 Å². The molecule has 3 aromatic rings. The molecule has 0 N–H and O–H groups in total. The Bertz CT molecular complexity index is 1090. The van der Waals surface area contributed by atoms with Crippen LogP contribution in [0, 0.1) is 0 Å². The van der Waals surface area contributed by atoms with Gasteiger partial charge in [0.1, 0.15) is 17.2 Å². The first-order valence-electron chi connectivity index (χ1n) is 9.02. The van der Waals surface area contributed by atoms with Gasteiger partial charge in [0.05, 0.1) is 25.3 Å². The highest BCUT2D eigenvalue weighted by Crippen LogP contribution is 2.25. The van der Waals surface area contributed by atoms with E-state index in [1.165, 1.54) is 13.2 Å². The molecular formula is C24H19ClO5. The van der Waals surface area contributed by atoms with E-state index in [2.05, 4.69) is 0 Å². The molecule has 0 aromatic heterocycles. The van der Waals surface area contributed by atoms with Crippen LogP contribution in [0.3, 0.4) is 0 Å². The number of hydrogen-bond donors (Lipinski definition) is 0. The van der Waals surface area contributed by atoms with Crippen molar-refractivity contribution in [3.63, 3.8) is 0 Å². The van der Waals surface area contributed by atoms with Gasteiger partial charge in [-0.3, -0.25) is 4.79 Å². The van der Waals surface area contributed by atoms with Gasteiger partial charge in [-0.15, -0.1) is 0 Å². The van der Waals surface area contributed by atoms with Gasteiger partial charge in [0.2, 0.25) is 0 Å². The molecule has 3 rings (SSSR count). The summed E-state index contributed by atoms with van der Waals surface area (Å²) in [6.07, 6.45) is 3.08. The van der Waals surface area contributed by atoms with Crippen molar-refractivity contribution < 1.29 is 23.8 Å². The lowest BCUT2D eigenvalue weighted by Gasteiger charge is -2.08. The number of esters is 1. The molecular weight excluding hydrogens is 404 g/mol. The summed E-state index contributed by atoms with van der Waals surface area (Å²) in [6.45, 7) is 0. The van der Waals surface area contributed by atoms with Crippen molar-refractivity contribution in [2.24, 2.45) is 0 Å². The third-order valence-corrected chi connectivity index (χ3v) is 4.50. The van der Waals surface area contributed by atoms with Gasteiger partial charge in [-0.1, -0.05) is 29.8 Å². The molecule has 0 atom stereocenters. The zero-order valence-corrected chi connectivity index (χ0v) is 17.2. The Labute approximate surface area is 179 Å². The smallest absolute Gasteiger partial charge is 0.343 e. The first-order valence-corrected chi connectivity index (χ1v) is 9.40. The van der Waals surface area contributed by atoms with Gasteiger partial charge < -0.3 is 14.2 Å². The fraction of sp³-hybridized carbons (Fsp3) is 0.0833. The predicted molar refractivity (Wildman–Crippen MR) is 116 cm³/mol. The van der Waals surface area contributed by atoms with E-state index in [-0.39, 0.29) is 5.78 Å². The molecule has 0 bridgehead atoms. The minimum absolute atomic E-state index is 0.224. The normalized spacial score (nSPS) is 10.6. The molecule has 0 amide bonds. The molecule has 152 valence electrons. The lowest BCUT2D eigenvalue weighted by atomic mass is 10.1. The van der Waals surface area contributed by atoms with Crippen LogP contribution in [0.4, 0.5) is 0 Å². The second-order valence-corrected chi connectivity index (χ2v) is 6.67. The van der Waals surface area contributed by atoms with E-state index in [9.17, 15) is 9.59 Å². The van der Waals surface area contributed by atoms with E-state index in [1.54, 1.807) is 79.9 Å². The fourth-order valence-electron chi connectivity index (χ4n) is 2.70. The lowest BCUT2D eigenvalue weighted by molar-refractivity contribution is 0.0734. The van der Waals surface area contributed by atoms with E-state index in [0.29, 0.717) is 39.0 Å². The first-order chi connectivity index (χ1) is 14.5. The van der Waals surface area contributed by atoms with E-state index in [4.69, 9.17) is 25.8 Å². The molecule has 0 saturated heterocycles. The van der Waals surface area contributed by atoms with Crippen LogP contribution in [0.5, 0.6) is 17.2 Å². The van der Waals surface area contributed by atoms with Crippen LogP contribution in [0.15, 0.2) is 72.8 Å². The van der Waals surface area contributed by atoms with Crippen molar-refractivity contribution in [3.8, 4) is 17.2 Å². The van der Waals surface area contributed by atoms with Crippen molar-refractivity contribution in [3.05, 3.63) is 94.5 Å². The zero-order chi connectivity index (χ0) is 21.5. The molecule has 3 aromatic carbocycles. The van der Waals surface area contributed by atoms with Gasteiger partial charge in [-0.2, -0.15) is 0 Å². The summed E-state index contributed by atoms with van der Waals surface area (Å²) in [4.78, 5) is 24.8. The summed E-state index contributed by atoms with van der Waals surface area (Å²) in [5, 5.41) is 0.539. The molecule has 6 heteroatoms. The van der Waals surface area contributed by atoms with Crippen LogP contribution in [0.1, 0.15) is 26.3 Å². The van der Waals surface area contributed by atoms with Gasteiger partial charge in [-0.05, 0) is 60.2 Å². The Morgan fingerprint density at radius 1 is 0.867 bits per heavy atom. The highest BCUT2D eigenvalue weighted by Gasteiger charge is 2.11. The van der Waals surface area contributed by atoms with Gasteiger partial charge in [0.15, 0.2) is 5.78 Å². The number of ether oxygens (including phenoxy) is 3. The van der Waals surface area contributed by atoms with Crippen molar-refractivity contribution in [2.45, 2.75) is 0 Å². The number of carbonyl (C=O) groups excluding carboxylic acids is 2.